The van der Waals surface area contributed by atoms with E-state index in [1.165, 1.54) is 0 Å². The quantitative estimate of drug-likeness (QED) is 0.850. The molecule has 1 aromatic rings. The van der Waals surface area contributed by atoms with E-state index < -0.39 is 11.4 Å². The van der Waals surface area contributed by atoms with Crippen LogP contribution in [0.15, 0.2) is 24.3 Å². The van der Waals surface area contributed by atoms with Gasteiger partial charge in [-0.2, -0.15) is 0 Å². The number of hydrogen-bond donors (Lipinski definition) is 2. The maximum Gasteiger partial charge on any atom is 0.310 e. The topological polar surface area (TPSA) is 63.3 Å². The number of carboxylic acid groups (broad SMARTS) is 1. The molecule has 0 unspecified atom stereocenters. The first-order chi connectivity index (χ1) is 7.59. The average molecular weight is 240 g/mol. The van der Waals surface area contributed by atoms with Crippen molar-refractivity contribution in [1.29, 1.82) is 0 Å². The number of aliphatic carboxylic acids is 1. The molecule has 0 radical (unpaired) electrons. The first kappa shape index (κ1) is 11.4. The Morgan fingerprint density at radius 1 is 1.50 bits per heavy atom. The van der Waals surface area contributed by atoms with Gasteiger partial charge < -0.3 is 10.8 Å². The minimum Gasteiger partial charge on any atom is -0.481 e. The minimum absolute atomic E-state index is 0.198. The zero-order valence-electron chi connectivity index (χ0n) is 8.82. The van der Waals surface area contributed by atoms with E-state index in [0.29, 0.717) is 17.9 Å². The van der Waals surface area contributed by atoms with Crippen molar-refractivity contribution >= 4 is 17.6 Å². The minimum atomic E-state index is -0.793. The van der Waals surface area contributed by atoms with Gasteiger partial charge in [-0.25, -0.2) is 0 Å². The summed E-state index contributed by atoms with van der Waals surface area (Å²) in [5, 5.41) is 9.82. The Kier molecular flexibility index (Phi) is 2.91. The van der Waals surface area contributed by atoms with Crippen molar-refractivity contribution in [2.45, 2.75) is 18.8 Å². The summed E-state index contributed by atoms with van der Waals surface area (Å²) < 4.78 is 0. The van der Waals surface area contributed by atoms with Gasteiger partial charge in [0, 0.05) is 11.6 Å². The fourth-order valence-corrected chi connectivity index (χ4v) is 2.63. The zero-order chi connectivity index (χ0) is 11.8. The van der Waals surface area contributed by atoms with Crippen molar-refractivity contribution in [2.75, 3.05) is 6.54 Å². The number of carboxylic acids is 1. The van der Waals surface area contributed by atoms with Gasteiger partial charge in [-0.15, -0.1) is 0 Å². The molecule has 2 rings (SSSR count). The van der Waals surface area contributed by atoms with E-state index in [0.717, 1.165) is 5.56 Å². The molecule has 0 aliphatic heterocycles. The van der Waals surface area contributed by atoms with Crippen LogP contribution in [0.4, 0.5) is 0 Å². The average Bonchev–Trinajstić information content (AvgIpc) is 2.19. The Labute approximate surface area is 99.2 Å². The molecule has 1 fully saturated rings. The van der Waals surface area contributed by atoms with Crippen LogP contribution in [0, 0.1) is 5.41 Å². The van der Waals surface area contributed by atoms with Crippen LogP contribution in [-0.4, -0.2) is 17.6 Å². The number of nitrogens with two attached hydrogens (primary N) is 1. The lowest BCUT2D eigenvalue weighted by molar-refractivity contribution is -0.154. The Hall–Kier alpha value is -1.06. The van der Waals surface area contributed by atoms with Gasteiger partial charge in [-0.3, -0.25) is 4.79 Å². The molecule has 0 atom stereocenters. The number of rotatable bonds is 3. The third-order valence-corrected chi connectivity index (χ3v) is 3.81. The van der Waals surface area contributed by atoms with Crippen LogP contribution < -0.4 is 5.73 Å². The van der Waals surface area contributed by atoms with Crippen LogP contribution in [0.5, 0.6) is 0 Å². The summed E-state index contributed by atoms with van der Waals surface area (Å²) in [6.07, 6.45) is 1.17. The van der Waals surface area contributed by atoms with Gasteiger partial charge >= 0.3 is 5.97 Å². The molecule has 1 aliphatic rings. The van der Waals surface area contributed by atoms with Gasteiger partial charge in [0.2, 0.25) is 0 Å². The molecular formula is C12H14ClNO2. The van der Waals surface area contributed by atoms with Crippen LogP contribution in [0.1, 0.15) is 24.3 Å². The van der Waals surface area contributed by atoms with E-state index >= 15 is 0 Å². The third-order valence-electron chi connectivity index (χ3n) is 3.46. The normalized spacial score (nSPS) is 28.5. The van der Waals surface area contributed by atoms with E-state index in [1.54, 1.807) is 0 Å². The lowest BCUT2D eigenvalue weighted by Gasteiger charge is -2.44. The van der Waals surface area contributed by atoms with Gasteiger partial charge in [0.1, 0.15) is 0 Å². The van der Waals surface area contributed by atoms with Crippen LogP contribution in [0.3, 0.4) is 0 Å². The van der Waals surface area contributed by atoms with Gasteiger partial charge in [0.15, 0.2) is 0 Å². The summed E-state index contributed by atoms with van der Waals surface area (Å²) in [5.74, 6) is -0.563. The molecule has 86 valence electrons. The summed E-state index contributed by atoms with van der Waals surface area (Å²) in [5.41, 5.74) is 5.84. The molecule has 0 aromatic heterocycles. The first-order valence-electron chi connectivity index (χ1n) is 5.27. The lowest BCUT2D eigenvalue weighted by atomic mass is 9.60. The van der Waals surface area contributed by atoms with Crippen LogP contribution in [0.25, 0.3) is 0 Å². The molecule has 0 amide bonds. The van der Waals surface area contributed by atoms with E-state index in [-0.39, 0.29) is 12.5 Å². The number of carbonyl (C=O) groups is 1. The van der Waals surface area contributed by atoms with Gasteiger partial charge in [-0.05, 0) is 30.4 Å². The second-order valence-corrected chi connectivity index (χ2v) is 4.82. The molecule has 3 nitrogen and oxygen atoms in total. The smallest absolute Gasteiger partial charge is 0.310 e. The van der Waals surface area contributed by atoms with Crippen molar-refractivity contribution in [2.24, 2.45) is 11.1 Å². The fourth-order valence-electron chi connectivity index (χ4n) is 2.34. The molecular weight excluding hydrogens is 226 g/mol. The van der Waals surface area contributed by atoms with E-state index in [4.69, 9.17) is 22.4 Å². The first-order valence-corrected chi connectivity index (χ1v) is 5.65. The largest absolute Gasteiger partial charge is 0.481 e. The Balaban J connectivity index is 2.14. The maximum atomic E-state index is 11.1. The summed E-state index contributed by atoms with van der Waals surface area (Å²) >= 11 is 6.07. The summed E-state index contributed by atoms with van der Waals surface area (Å²) in [6.45, 7) is 0.198. The van der Waals surface area contributed by atoms with E-state index in [2.05, 4.69) is 0 Å². The highest BCUT2D eigenvalue weighted by molar-refractivity contribution is 6.31. The highest BCUT2D eigenvalue weighted by atomic mass is 35.5. The summed E-state index contributed by atoms with van der Waals surface area (Å²) in [7, 11) is 0. The number of benzene rings is 1. The highest BCUT2D eigenvalue weighted by Gasteiger charge is 2.50. The maximum absolute atomic E-state index is 11.1. The molecule has 4 heteroatoms. The fraction of sp³-hybridized carbons (Fsp3) is 0.417. The van der Waals surface area contributed by atoms with Crippen LogP contribution >= 0.6 is 11.6 Å². The molecule has 0 saturated heterocycles. The van der Waals surface area contributed by atoms with E-state index in [1.807, 2.05) is 24.3 Å². The molecule has 0 spiro atoms. The second-order valence-electron chi connectivity index (χ2n) is 4.42. The Morgan fingerprint density at radius 2 is 2.12 bits per heavy atom. The lowest BCUT2D eigenvalue weighted by Crippen LogP contribution is -2.48. The molecule has 0 heterocycles. The Bertz CT molecular complexity index is 413. The van der Waals surface area contributed by atoms with Gasteiger partial charge in [-0.1, -0.05) is 29.8 Å². The van der Waals surface area contributed by atoms with E-state index in [9.17, 15) is 4.79 Å². The van der Waals surface area contributed by atoms with Crippen LogP contribution in [-0.2, 0) is 4.79 Å². The SMILES string of the molecule is NCC1(C(=O)O)CC(c2ccccc2Cl)C1. The van der Waals surface area contributed by atoms with Gasteiger partial charge in [0.25, 0.3) is 0 Å². The molecule has 1 aromatic carbocycles. The molecule has 0 bridgehead atoms. The van der Waals surface area contributed by atoms with Crippen molar-refractivity contribution in [3.63, 3.8) is 0 Å². The zero-order valence-corrected chi connectivity index (χ0v) is 9.57. The van der Waals surface area contributed by atoms with Gasteiger partial charge in [0.05, 0.1) is 5.41 Å². The van der Waals surface area contributed by atoms with Crippen LogP contribution in [0.2, 0.25) is 5.02 Å². The van der Waals surface area contributed by atoms with Crippen molar-refractivity contribution in [3.8, 4) is 0 Å². The predicted molar refractivity (Wildman–Crippen MR) is 62.6 cm³/mol. The molecule has 1 saturated carbocycles. The standard InChI is InChI=1S/C12H14ClNO2/c13-10-4-2-1-3-9(10)8-5-12(6-8,7-14)11(15)16/h1-4,8H,5-7,14H2,(H,15,16). The number of hydrogen-bond acceptors (Lipinski definition) is 2. The van der Waals surface area contributed by atoms with Crippen molar-refractivity contribution < 1.29 is 9.90 Å². The summed E-state index contributed by atoms with van der Waals surface area (Å²) in [4.78, 5) is 11.1. The summed E-state index contributed by atoms with van der Waals surface area (Å²) in [6, 6.07) is 7.58. The number of halogens is 1. The third kappa shape index (κ3) is 1.70. The predicted octanol–water partition coefficient (Wildman–Crippen LogP) is 2.25. The second kappa shape index (κ2) is 4.07. The van der Waals surface area contributed by atoms with Crippen molar-refractivity contribution in [3.05, 3.63) is 34.9 Å². The monoisotopic (exact) mass is 239 g/mol. The van der Waals surface area contributed by atoms with Crippen molar-refractivity contribution in [1.82, 2.24) is 0 Å². The molecule has 16 heavy (non-hydrogen) atoms. The molecule has 1 aliphatic carbocycles. The highest BCUT2D eigenvalue weighted by Crippen LogP contribution is 2.51. The Morgan fingerprint density at radius 3 is 2.62 bits per heavy atom. The molecule has 3 N–H and O–H groups in total.